The highest BCUT2D eigenvalue weighted by atomic mass is 16.5. The Bertz CT molecular complexity index is 893. The van der Waals surface area contributed by atoms with Crippen molar-refractivity contribution in [2.24, 2.45) is 5.92 Å². The zero-order valence-electron chi connectivity index (χ0n) is 22.9. The van der Waals surface area contributed by atoms with Gasteiger partial charge in [-0.25, -0.2) is 0 Å². The van der Waals surface area contributed by atoms with Crippen molar-refractivity contribution in [1.29, 1.82) is 0 Å². The Morgan fingerprint density at radius 2 is 1.81 bits per heavy atom. The van der Waals surface area contributed by atoms with Crippen LogP contribution in [-0.4, -0.2) is 71.9 Å². The Morgan fingerprint density at radius 1 is 1.05 bits per heavy atom. The van der Waals surface area contributed by atoms with Crippen molar-refractivity contribution in [2.45, 2.75) is 45.3 Å². The number of nitrogens with zero attached hydrogens (tertiary/aromatic N) is 1. The molecule has 0 amide bonds. The molecule has 7 nitrogen and oxygen atoms in total. The second-order valence-electron chi connectivity index (χ2n) is 9.98. The molecular weight excluding hydrogens is 468 g/mol. The molecule has 2 aliphatic heterocycles. The van der Waals surface area contributed by atoms with Gasteiger partial charge in [-0.1, -0.05) is 37.3 Å². The molecule has 4 rings (SSSR count). The molecule has 0 unspecified atom stereocenters. The summed E-state index contributed by atoms with van der Waals surface area (Å²) < 4.78 is 21.5. The van der Waals surface area contributed by atoms with Crippen LogP contribution in [0.2, 0.25) is 0 Å². The van der Waals surface area contributed by atoms with Crippen molar-refractivity contribution in [3.05, 3.63) is 59.2 Å². The quantitative estimate of drug-likeness (QED) is 0.399. The average molecular weight is 517 g/mol. The molecule has 2 heterocycles. The Hall–Kier alpha value is -2.16. The first-order valence-electron chi connectivity index (χ1n) is 13.6. The zero-order chi connectivity index (χ0) is 26.3. The van der Waals surface area contributed by atoms with E-state index < -0.39 is 0 Å². The lowest BCUT2D eigenvalue weighted by molar-refractivity contribution is 0.0561. The number of fused-ring (bicyclic) bond motifs is 1. The van der Waals surface area contributed by atoms with Crippen LogP contribution in [-0.2, 0) is 27.4 Å². The minimum Gasteiger partial charge on any atom is -0.490 e. The Labute approximate surface area is 224 Å². The monoisotopic (exact) mass is 516 g/mol. The van der Waals surface area contributed by atoms with E-state index in [-0.39, 0.29) is 8.03 Å². The summed E-state index contributed by atoms with van der Waals surface area (Å²) in [5.41, 5.74) is 4.74. The fraction of sp³-hybridized carbons (Fsp3) is 0.600. The highest BCUT2D eigenvalue weighted by Crippen LogP contribution is 2.32. The van der Waals surface area contributed by atoms with Gasteiger partial charge in [0.15, 0.2) is 0 Å². The molecule has 37 heavy (non-hydrogen) atoms. The van der Waals surface area contributed by atoms with E-state index in [9.17, 15) is 0 Å². The minimum atomic E-state index is 0. The van der Waals surface area contributed by atoms with Crippen molar-refractivity contribution >= 4 is 5.69 Å². The number of rotatable bonds is 12. The van der Waals surface area contributed by atoms with E-state index in [2.05, 4.69) is 41.4 Å². The number of methoxy groups -OCH3 is 2. The number of hydrogen-bond donors (Lipinski definition) is 2. The van der Waals surface area contributed by atoms with Crippen LogP contribution >= 0.6 is 0 Å². The van der Waals surface area contributed by atoms with Gasteiger partial charge < -0.3 is 34.3 Å². The Kier molecular flexibility index (Phi) is 13.2. The third kappa shape index (κ3) is 9.91. The molecule has 2 aromatic rings. The van der Waals surface area contributed by atoms with Crippen LogP contribution in [0.4, 0.5) is 5.69 Å². The lowest BCUT2D eigenvalue weighted by atomic mass is 9.90. The number of hydrogen-bond acceptors (Lipinski definition) is 7. The highest BCUT2D eigenvalue weighted by molar-refractivity contribution is 5.61. The number of aliphatic hydroxyl groups is 1. The maximum atomic E-state index is 9.16. The summed E-state index contributed by atoms with van der Waals surface area (Å²) in [6, 6.07) is 14.8. The van der Waals surface area contributed by atoms with E-state index in [0.717, 1.165) is 81.9 Å². The average Bonchev–Trinajstić information content (AvgIpc) is 2.94. The standard InChI is InChI=1S/C17H27NO2.C13H19NO3.H2/c1-14(11-19-2)12-20-13-15-3-5-16(6-4-15)17-7-9-18-10-8-17;1-16-7-2-5-14-6-8-17-13-4-3-11(10-15)9-12(13)14;/h3-6,14,17-18H,7-13H2,1-2H3;3-4,9,15H,2,5-8,10H2,1H3;1H/t14-;;/m0../s1. The first-order valence-corrected chi connectivity index (χ1v) is 13.6. The molecule has 2 N–H and O–H groups in total. The molecule has 208 valence electrons. The topological polar surface area (TPSA) is 72.4 Å². The largest absolute Gasteiger partial charge is 0.490 e. The van der Waals surface area contributed by atoms with Crippen molar-refractivity contribution in [1.82, 2.24) is 5.32 Å². The zero-order valence-corrected chi connectivity index (χ0v) is 22.9. The number of benzene rings is 2. The lowest BCUT2D eigenvalue weighted by Gasteiger charge is -2.31. The van der Waals surface area contributed by atoms with E-state index in [1.165, 1.54) is 24.0 Å². The van der Waals surface area contributed by atoms with Crippen LogP contribution in [0.3, 0.4) is 0 Å². The Balaban J connectivity index is 0.000000263. The first-order chi connectivity index (χ1) is 18.1. The summed E-state index contributed by atoms with van der Waals surface area (Å²) in [6.07, 6.45) is 3.51. The van der Waals surface area contributed by atoms with Gasteiger partial charge in [-0.05, 0) is 67.1 Å². The summed E-state index contributed by atoms with van der Waals surface area (Å²) in [7, 11) is 3.45. The molecule has 0 bridgehead atoms. The van der Waals surface area contributed by atoms with Gasteiger partial charge in [-0.2, -0.15) is 0 Å². The number of aliphatic hydroxyl groups excluding tert-OH is 1. The number of piperidine rings is 1. The van der Waals surface area contributed by atoms with Crippen LogP contribution in [0.5, 0.6) is 5.75 Å². The maximum absolute atomic E-state index is 9.16. The number of ether oxygens (including phenoxy) is 4. The van der Waals surface area contributed by atoms with Crippen LogP contribution in [0, 0.1) is 5.92 Å². The highest BCUT2D eigenvalue weighted by Gasteiger charge is 2.18. The van der Waals surface area contributed by atoms with Crippen molar-refractivity contribution in [3.63, 3.8) is 0 Å². The summed E-state index contributed by atoms with van der Waals surface area (Å²) in [6.45, 7) is 10.1. The molecule has 1 fully saturated rings. The van der Waals surface area contributed by atoms with Gasteiger partial charge in [0.2, 0.25) is 0 Å². The third-order valence-corrected chi connectivity index (χ3v) is 6.85. The van der Waals surface area contributed by atoms with E-state index in [1.807, 2.05) is 18.2 Å². The van der Waals surface area contributed by atoms with Crippen LogP contribution < -0.4 is 15.0 Å². The Morgan fingerprint density at radius 3 is 2.51 bits per heavy atom. The van der Waals surface area contributed by atoms with Gasteiger partial charge in [0.05, 0.1) is 38.7 Å². The van der Waals surface area contributed by atoms with Crippen LogP contribution in [0.25, 0.3) is 0 Å². The summed E-state index contributed by atoms with van der Waals surface area (Å²) in [4.78, 5) is 2.29. The minimum absolute atomic E-state index is 0. The predicted molar refractivity (Wildman–Crippen MR) is 151 cm³/mol. The van der Waals surface area contributed by atoms with E-state index in [4.69, 9.17) is 24.1 Å². The van der Waals surface area contributed by atoms with Crippen molar-refractivity contribution < 1.29 is 25.5 Å². The van der Waals surface area contributed by atoms with E-state index >= 15 is 0 Å². The molecule has 0 spiro atoms. The predicted octanol–water partition coefficient (Wildman–Crippen LogP) is 4.61. The van der Waals surface area contributed by atoms with Gasteiger partial charge in [0.25, 0.3) is 0 Å². The van der Waals surface area contributed by atoms with Crippen molar-refractivity contribution in [3.8, 4) is 5.75 Å². The molecule has 0 saturated carbocycles. The summed E-state index contributed by atoms with van der Waals surface area (Å²) in [5, 5.41) is 12.6. The van der Waals surface area contributed by atoms with E-state index in [0.29, 0.717) is 12.5 Å². The van der Waals surface area contributed by atoms with Gasteiger partial charge >= 0.3 is 0 Å². The molecular formula is C30H48N2O5. The van der Waals surface area contributed by atoms with Gasteiger partial charge in [0, 0.05) is 34.7 Å². The SMILES string of the molecule is COCCCN1CCOc2ccc(CO)cc21.COC[C@H](C)COCc1ccc(C2CCNCC2)cc1.[HH]. The molecule has 0 aliphatic carbocycles. The normalized spacial score (nSPS) is 16.4. The second kappa shape index (κ2) is 16.6. The van der Waals surface area contributed by atoms with Crippen LogP contribution in [0.15, 0.2) is 42.5 Å². The van der Waals surface area contributed by atoms with Crippen LogP contribution in [0.1, 0.15) is 50.2 Å². The fourth-order valence-corrected chi connectivity index (χ4v) is 4.80. The molecule has 2 aromatic carbocycles. The molecule has 1 saturated heterocycles. The smallest absolute Gasteiger partial charge is 0.142 e. The molecule has 1 atom stereocenters. The molecule has 0 aromatic heterocycles. The van der Waals surface area contributed by atoms with Gasteiger partial charge in [0.1, 0.15) is 12.4 Å². The van der Waals surface area contributed by atoms with Crippen molar-refractivity contribution in [2.75, 3.05) is 71.7 Å². The number of nitrogens with one attached hydrogen (secondary N) is 1. The van der Waals surface area contributed by atoms with Gasteiger partial charge in [-0.3, -0.25) is 0 Å². The molecule has 2 aliphatic rings. The number of anilines is 1. The second-order valence-corrected chi connectivity index (χ2v) is 9.98. The summed E-state index contributed by atoms with van der Waals surface area (Å²) >= 11 is 0. The van der Waals surface area contributed by atoms with Gasteiger partial charge in [-0.15, -0.1) is 0 Å². The first kappa shape index (κ1) is 29.4. The fourth-order valence-electron chi connectivity index (χ4n) is 4.80. The third-order valence-electron chi connectivity index (χ3n) is 6.85. The lowest BCUT2D eigenvalue weighted by Crippen LogP contribution is -2.34. The molecule has 7 heteroatoms. The molecule has 0 radical (unpaired) electrons. The maximum Gasteiger partial charge on any atom is 0.142 e. The summed E-state index contributed by atoms with van der Waals surface area (Å²) in [5.74, 6) is 2.09. The van der Waals surface area contributed by atoms with E-state index in [1.54, 1.807) is 14.2 Å².